The fourth-order valence-electron chi connectivity index (χ4n) is 2.93. The van der Waals surface area contributed by atoms with E-state index in [4.69, 9.17) is 0 Å². The lowest BCUT2D eigenvalue weighted by molar-refractivity contribution is -0.139. The average molecular weight is 318 g/mol. The first-order chi connectivity index (χ1) is 11.1. The van der Waals surface area contributed by atoms with Crippen molar-refractivity contribution in [2.75, 3.05) is 6.54 Å². The third-order valence-electron chi connectivity index (χ3n) is 4.45. The summed E-state index contributed by atoms with van der Waals surface area (Å²) in [5.41, 5.74) is 2.09. The molecule has 2 rings (SSSR count). The number of benzene rings is 1. The predicted octanol–water partition coefficient (Wildman–Crippen LogP) is 1.67. The maximum absolute atomic E-state index is 11.8. The number of carbonyl (C=O) groups excluding carboxylic acids is 2. The third kappa shape index (κ3) is 5.67. The van der Waals surface area contributed by atoms with Gasteiger partial charge in [-0.3, -0.25) is 9.59 Å². The highest BCUT2D eigenvalue weighted by Crippen LogP contribution is 2.26. The quantitative estimate of drug-likeness (QED) is 0.723. The van der Waals surface area contributed by atoms with Gasteiger partial charge in [-0.15, -0.1) is 0 Å². The number of hydrogen-bond acceptors (Lipinski definition) is 3. The summed E-state index contributed by atoms with van der Waals surface area (Å²) in [7, 11) is 0. The predicted molar refractivity (Wildman–Crippen MR) is 88.6 cm³/mol. The second-order valence-corrected chi connectivity index (χ2v) is 6.34. The van der Waals surface area contributed by atoms with Crippen molar-refractivity contribution in [2.45, 2.75) is 51.7 Å². The zero-order chi connectivity index (χ0) is 16.7. The molecule has 126 valence electrons. The number of carbonyl (C=O) groups is 2. The molecular weight excluding hydrogens is 292 g/mol. The highest BCUT2D eigenvalue weighted by molar-refractivity contribution is 6.35. The number of amides is 2. The highest BCUT2D eigenvalue weighted by atomic mass is 16.3. The maximum Gasteiger partial charge on any atom is 0.309 e. The molecule has 1 aliphatic rings. The number of nitrogens with one attached hydrogen (secondary N) is 2. The molecule has 5 heteroatoms. The Morgan fingerprint density at radius 2 is 1.70 bits per heavy atom. The van der Waals surface area contributed by atoms with Crippen molar-refractivity contribution in [1.29, 1.82) is 0 Å². The summed E-state index contributed by atoms with van der Waals surface area (Å²) in [6.07, 6.45) is 4.91. The Hall–Kier alpha value is -1.88. The minimum atomic E-state index is -0.688. The van der Waals surface area contributed by atoms with Crippen molar-refractivity contribution in [3.8, 4) is 0 Å². The van der Waals surface area contributed by atoms with E-state index in [0.29, 0.717) is 6.54 Å². The summed E-state index contributed by atoms with van der Waals surface area (Å²) >= 11 is 0. The van der Waals surface area contributed by atoms with Crippen LogP contribution >= 0.6 is 0 Å². The van der Waals surface area contributed by atoms with Gasteiger partial charge in [0.2, 0.25) is 0 Å². The second-order valence-electron chi connectivity index (χ2n) is 6.34. The van der Waals surface area contributed by atoms with Gasteiger partial charge < -0.3 is 15.7 Å². The lowest BCUT2D eigenvalue weighted by atomic mass is 9.85. The van der Waals surface area contributed by atoms with Crippen LogP contribution in [0, 0.1) is 12.8 Å². The minimum absolute atomic E-state index is 0.140. The van der Waals surface area contributed by atoms with Gasteiger partial charge in [0.1, 0.15) is 0 Å². The Morgan fingerprint density at radius 1 is 1.09 bits per heavy atom. The van der Waals surface area contributed by atoms with Gasteiger partial charge in [0, 0.05) is 13.1 Å². The summed E-state index contributed by atoms with van der Waals surface area (Å²) in [4.78, 5) is 23.5. The Morgan fingerprint density at radius 3 is 2.35 bits per heavy atom. The number of aryl methyl sites for hydroxylation is 1. The molecule has 5 nitrogen and oxygen atoms in total. The van der Waals surface area contributed by atoms with E-state index in [-0.39, 0.29) is 12.5 Å². The van der Waals surface area contributed by atoms with Crippen LogP contribution in [0.1, 0.15) is 43.2 Å². The summed E-state index contributed by atoms with van der Waals surface area (Å²) < 4.78 is 0. The van der Waals surface area contributed by atoms with Gasteiger partial charge >= 0.3 is 11.8 Å². The first-order valence-electron chi connectivity index (χ1n) is 8.36. The van der Waals surface area contributed by atoms with E-state index >= 15 is 0 Å². The van der Waals surface area contributed by atoms with E-state index in [2.05, 4.69) is 10.6 Å². The van der Waals surface area contributed by atoms with Crippen LogP contribution in [0.5, 0.6) is 0 Å². The van der Waals surface area contributed by atoms with Crippen LogP contribution in [0.4, 0.5) is 0 Å². The molecule has 0 bridgehead atoms. The van der Waals surface area contributed by atoms with Crippen LogP contribution in [0.15, 0.2) is 24.3 Å². The van der Waals surface area contributed by atoms with E-state index in [1.807, 2.05) is 31.2 Å². The SMILES string of the molecule is Cc1ccc(CNC(=O)C(=O)NCC(O)C2CCCCC2)cc1. The number of aliphatic hydroxyl groups excluding tert-OH is 1. The first-order valence-corrected chi connectivity index (χ1v) is 8.36. The van der Waals surface area contributed by atoms with Crippen molar-refractivity contribution < 1.29 is 14.7 Å². The summed E-state index contributed by atoms with van der Waals surface area (Å²) in [6, 6.07) is 7.75. The van der Waals surface area contributed by atoms with Gasteiger partial charge in [-0.25, -0.2) is 0 Å². The largest absolute Gasteiger partial charge is 0.391 e. The van der Waals surface area contributed by atoms with Crippen molar-refractivity contribution in [3.05, 3.63) is 35.4 Å². The summed E-state index contributed by atoms with van der Waals surface area (Å²) in [6.45, 7) is 2.45. The average Bonchev–Trinajstić information content (AvgIpc) is 2.59. The zero-order valence-corrected chi connectivity index (χ0v) is 13.7. The Labute approximate surface area is 137 Å². The molecule has 1 aromatic carbocycles. The topological polar surface area (TPSA) is 78.4 Å². The molecule has 0 aliphatic heterocycles. The minimum Gasteiger partial charge on any atom is -0.391 e. The molecule has 1 fully saturated rings. The monoisotopic (exact) mass is 318 g/mol. The van der Waals surface area contributed by atoms with Crippen LogP contribution < -0.4 is 10.6 Å². The van der Waals surface area contributed by atoms with Crippen LogP contribution in [0.3, 0.4) is 0 Å². The normalized spacial score (nSPS) is 16.6. The van der Waals surface area contributed by atoms with Gasteiger partial charge in [-0.05, 0) is 31.2 Å². The van der Waals surface area contributed by atoms with Crippen molar-refractivity contribution in [1.82, 2.24) is 10.6 Å². The lowest BCUT2D eigenvalue weighted by Crippen LogP contribution is -2.44. The summed E-state index contributed by atoms with van der Waals surface area (Å²) in [5, 5.41) is 15.2. The van der Waals surface area contributed by atoms with Gasteiger partial charge in [0.25, 0.3) is 0 Å². The molecular formula is C18H26N2O3. The third-order valence-corrected chi connectivity index (χ3v) is 4.45. The van der Waals surface area contributed by atoms with E-state index in [9.17, 15) is 14.7 Å². The smallest absolute Gasteiger partial charge is 0.309 e. The van der Waals surface area contributed by atoms with Crippen LogP contribution in [-0.2, 0) is 16.1 Å². The molecule has 0 aromatic heterocycles. The highest BCUT2D eigenvalue weighted by Gasteiger charge is 2.23. The molecule has 0 saturated heterocycles. The van der Waals surface area contributed by atoms with Gasteiger partial charge in [-0.1, -0.05) is 49.1 Å². The zero-order valence-electron chi connectivity index (χ0n) is 13.7. The Kier molecular flexibility index (Phi) is 6.59. The van der Waals surface area contributed by atoms with E-state index in [0.717, 1.165) is 36.8 Å². The van der Waals surface area contributed by atoms with Crippen LogP contribution in [-0.4, -0.2) is 29.6 Å². The molecule has 1 saturated carbocycles. The Balaban J connectivity index is 1.69. The molecule has 2 amide bonds. The van der Waals surface area contributed by atoms with Crippen LogP contribution in [0.25, 0.3) is 0 Å². The fraction of sp³-hybridized carbons (Fsp3) is 0.556. The van der Waals surface area contributed by atoms with E-state index in [1.54, 1.807) is 0 Å². The Bertz CT molecular complexity index is 522. The molecule has 0 spiro atoms. The van der Waals surface area contributed by atoms with Gasteiger partial charge in [-0.2, -0.15) is 0 Å². The molecule has 23 heavy (non-hydrogen) atoms. The molecule has 1 aromatic rings. The van der Waals surface area contributed by atoms with Gasteiger partial charge in [0.15, 0.2) is 0 Å². The molecule has 1 aliphatic carbocycles. The van der Waals surface area contributed by atoms with Crippen molar-refractivity contribution in [3.63, 3.8) is 0 Å². The summed E-state index contributed by atoms with van der Waals surface area (Å²) in [5.74, 6) is -1.12. The van der Waals surface area contributed by atoms with Crippen molar-refractivity contribution >= 4 is 11.8 Å². The fourth-order valence-corrected chi connectivity index (χ4v) is 2.93. The molecule has 1 unspecified atom stereocenters. The molecule has 1 atom stereocenters. The van der Waals surface area contributed by atoms with Crippen molar-refractivity contribution in [2.24, 2.45) is 5.92 Å². The van der Waals surface area contributed by atoms with Crippen LogP contribution in [0.2, 0.25) is 0 Å². The molecule has 0 radical (unpaired) electrons. The first kappa shape index (κ1) is 17.5. The van der Waals surface area contributed by atoms with Gasteiger partial charge in [0.05, 0.1) is 6.10 Å². The van der Waals surface area contributed by atoms with E-state index < -0.39 is 17.9 Å². The second kappa shape index (κ2) is 8.67. The lowest BCUT2D eigenvalue weighted by Gasteiger charge is -2.26. The van der Waals surface area contributed by atoms with E-state index in [1.165, 1.54) is 6.42 Å². The molecule has 3 N–H and O–H groups in total. The standard InChI is InChI=1S/C18H26N2O3/c1-13-7-9-14(10-8-13)11-19-17(22)18(23)20-12-16(21)15-5-3-2-4-6-15/h7-10,15-16,21H,2-6,11-12H2,1H3,(H,19,22)(H,20,23). The number of hydrogen-bond donors (Lipinski definition) is 3. The molecule has 0 heterocycles. The maximum atomic E-state index is 11.8. The number of rotatable bonds is 5. The number of aliphatic hydroxyl groups is 1.